The Hall–Kier alpha value is -2.62. The number of likely N-dealkylation sites (N-methyl/N-ethyl adjacent to an activating group) is 1. The molecule has 1 aliphatic heterocycles. The first-order chi connectivity index (χ1) is 10.7. The standard InChI is InChI=1S/C18H17NO3/c1-19-17(20)11-15(18(19)21)14-9-5-6-10-16(14)22-12-13-7-3-2-4-8-13/h2-10,15H,11-12H2,1H3. The van der Waals surface area contributed by atoms with Gasteiger partial charge in [-0.05, 0) is 11.6 Å². The molecule has 0 spiro atoms. The van der Waals surface area contributed by atoms with Crippen LogP contribution >= 0.6 is 0 Å². The van der Waals surface area contributed by atoms with Crippen molar-refractivity contribution in [2.24, 2.45) is 0 Å². The lowest BCUT2D eigenvalue weighted by Crippen LogP contribution is -2.25. The number of para-hydroxylation sites is 1. The Balaban J connectivity index is 1.81. The van der Waals surface area contributed by atoms with Crippen molar-refractivity contribution in [3.8, 4) is 5.75 Å². The minimum atomic E-state index is -0.440. The van der Waals surface area contributed by atoms with Gasteiger partial charge in [0, 0.05) is 19.0 Å². The third-order valence-corrected chi connectivity index (χ3v) is 3.91. The number of benzene rings is 2. The highest BCUT2D eigenvalue weighted by Crippen LogP contribution is 2.34. The van der Waals surface area contributed by atoms with Crippen molar-refractivity contribution < 1.29 is 14.3 Å². The highest BCUT2D eigenvalue weighted by atomic mass is 16.5. The molecular formula is C18H17NO3. The number of carbonyl (C=O) groups is 2. The van der Waals surface area contributed by atoms with Crippen molar-refractivity contribution in [1.29, 1.82) is 0 Å². The summed E-state index contributed by atoms with van der Waals surface area (Å²) in [7, 11) is 1.53. The SMILES string of the molecule is CN1C(=O)CC(c2ccccc2OCc2ccccc2)C1=O. The number of ether oxygens (including phenoxy) is 1. The zero-order valence-electron chi connectivity index (χ0n) is 12.4. The topological polar surface area (TPSA) is 46.6 Å². The molecule has 0 aromatic heterocycles. The van der Waals surface area contributed by atoms with E-state index in [1.54, 1.807) is 0 Å². The molecule has 22 heavy (non-hydrogen) atoms. The second kappa shape index (κ2) is 6.02. The van der Waals surface area contributed by atoms with Crippen LogP contribution in [0.2, 0.25) is 0 Å². The third-order valence-electron chi connectivity index (χ3n) is 3.91. The maximum Gasteiger partial charge on any atom is 0.237 e. The molecule has 2 amide bonds. The van der Waals surface area contributed by atoms with E-state index in [0.717, 1.165) is 11.1 Å². The summed E-state index contributed by atoms with van der Waals surface area (Å²) in [5, 5.41) is 0. The average Bonchev–Trinajstić information content (AvgIpc) is 2.82. The van der Waals surface area contributed by atoms with Gasteiger partial charge in [-0.3, -0.25) is 14.5 Å². The van der Waals surface area contributed by atoms with Gasteiger partial charge in [-0.2, -0.15) is 0 Å². The number of hydrogen-bond donors (Lipinski definition) is 0. The Morgan fingerprint density at radius 2 is 1.73 bits per heavy atom. The molecule has 1 atom stereocenters. The van der Waals surface area contributed by atoms with Gasteiger partial charge in [0.25, 0.3) is 0 Å². The Bertz CT molecular complexity index is 696. The number of nitrogens with zero attached hydrogens (tertiary/aromatic N) is 1. The van der Waals surface area contributed by atoms with Gasteiger partial charge in [0.05, 0.1) is 5.92 Å². The number of carbonyl (C=O) groups excluding carboxylic acids is 2. The Kier molecular flexibility index (Phi) is 3.92. The maximum atomic E-state index is 12.2. The van der Waals surface area contributed by atoms with Crippen molar-refractivity contribution in [3.63, 3.8) is 0 Å². The summed E-state index contributed by atoms with van der Waals surface area (Å²) in [5.74, 6) is -0.0918. The second-order valence-electron chi connectivity index (χ2n) is 5.36. The van der Waals surface area contributed by atoms with Gasteiger partial charge in [-0.1, -0.05) is 48.5 Å². The van der Waals surface area contributed by atoms with Crippen molar-refractivity contribution >= 4 is 11.8 Å². The van der Waals surface area contributed by atoms with Crippen LogP contribution in [0.4, 0.5) is 0 Å². The fraction of sp³-hybridized carbons (Fsp3) is 0.222. The molecule has 0 aliphatic carbocycles. The molecule has 1 fully saturated rings. The molecule has 0 bridgehead atoms. The van der Waals surface area contributed by atoms with E-state index in [2.05, 4.69) is 0 Å². The molecule has 1 aliphatic rings. The van der Waals surface area contributed by atoms with E-state index in [4.69, 9.17) is 4.74 Å². The first-order valence-electron chi connectivity index (χ1n) is 7.23. The van der Waals surface area contributed by atoms with E-state index in [9.17, 15) is 9.59 Å². The van der Waals surface area contributed by atoms with E-state index in [1.807, 2.05) is 54.6 Å². The summed E-state index contributed by atoms with van der Waals surface area (Å²) >= 11 is 0. The number of likely N-dealkylation sites (tertiary alicyclic amines) is 1. The Labute approximate surface area is 129 Å². The predicted molar refractivity (Wildman–Crippen MR) is 82.4 cm³/mol. The fourth-order valence-electron chi connectivity index (χ4n) is 2.63. The number of hydrogen-bond acceptors (Lipinski definition) is 3. The zero-order valence-corrected chi connectivity index (χ0v) is 12.4. The van der Waals surface area contributed by atoms with Gasteiger partial charge in [0.15, 0.2) is 0 Å². The summed E-state index contributed by atoms with van der Waals surface area (Å²) in [4.78, 5) is 25.1. The highest BCUT2D eigenvalue weighted by molar-refractivity contribution is 6.06. The number of amides is 2. The van der Waals surface area contributed by atoms with Gasteiger partial charge in [0.2, 0.25) is 11.8 Å². The third kappa shape index (κ3) is 2.72. The summed E-state index contributed by atoms with van der Waals surface area (Å²) in [5.41, 5.74) is 1.84. The van der Waals surface area contributed by atoms with Crippen molar-refractivity contribution in [3.05, 3.63) is 65.7 Å². The van der Waals surface area contributed by atoms with Crippen LogP contribution in [0.3, 0.4) is 0 Å². The van der Waals surface area contributed by atoms with E-state index >= 15 is 0 Å². The lowest BCUT2D eigenvalue weighted by atomic mass is 9.96. The van der Waals surface area contributed by atoms with E-state index < -0.39 is 5.92 Å². The van der Waals surface area contributed by atoms with Crippen LogP contribution in [0.25, 0.3) is 0 Å². The lowest BCUT2D eigenvalue weighted by Gasteiger charge is -2.15. The van der Waals surface area contributed by atoms with Crippen LogP contribution in [0.1, 0.15) is 23.5 Å². The first-order valence-corrected chi connectivity index (χ1v) is 7.23. The summed E-state index contributed by atoms with van der Waals surface area (Å²) in [6.45, 7) is 0.433. The van der Waals surface area contributed by atoms with Gasteiger partial charge >= 0.3 is 0 Å². The zero-order chi connectivity index (χ0) is 15.5. The summed E-state index contributed by atoms with van der Waals surface area (Å²) < 4.78 is 5.87. The van der Waals surface area contributed by atoms with Crippen molar-refractivity contribution in [2.75, 3.05) is 7.05 Å². The van der Waals surface area contributed by atoms with Crippen molar-refractivity contribution in [2.45, 2.75) is 18.9 Å². The average molecular weight is 295 g/mol. The van der Waals surface area contributed by atoms with Crippen LogP contribution in [0.15, 0.2) is 54.6 Å². The molecule has 0 radical (unpaired) electrons. The minimum absolute atomic E-state index is 0.145. The van der Waals surface area contributed by atoms with Gasteiger partial charge in [-0.15, -0.1) is 0 Å². The molecule has 2 aromatic rings. The van der Waals surface area contributed by atoms with E-state index in [1.165, 1.54) is 11.9 Å². The molecule has 1 heterocycles. The molecule has 0 N–H and O–H groups in total. The van der Waals surface area contributed by atoms with Crippen LogP contribution in [0.5, 0.6) is 5.75 Å². The Morgan fingerprint density at radius 1 is 1.05 bits per heavy atom. The molecular weight excluding hydrogens is 278 g/mol. The first kappa shape index (κ1) is 14.3. The molecule has 1 saturated heterocycles. The number of rotatable bonds is 4. The van der Waals surface area contributed by atoms with Gasteiger partial charge in [0.1, 0.15) is 12.4 Å². The highest BCUT2D eigenvalue weighted by Gasteiger charge is 2.38. The molecule has 1 unspecified atom stereocenters. The molecule has 0 saturated carbocycles. The van der Waals surface area contributed by atoms with Gasteiger partial charge in [-0.25, -0.2) is 0 Å². The quantitative estimate of drug-likeness (QED) is 0.815. The lowest BCUT2D eigenvalue weighted by molar-refractivity contribution is -0.137. The fourth-order valence-corrected chi connectivity index (χ4v) is 2.63. The van der Waals surface area contributed by atoms with Crippen LogP contribution < -0.4 is 4.74 Å². The molecule has 2 aromatic carbocycles. The van der Waals surface area contributed by atoms with Crippen LogP contribution in [-0.4, -0.2) is 23.8 Å². The van der Waals surface area contributed by atoms with Crippen LogP contribution in [0, 0.1) is 0 Å². The molecule has 3 rings (SSSR count). The van der Waals surface area contributed by atoms with E-state index in [0.29, 0.717) is 12.4 Å². The minimum Gasteiger partial charge on any atom is -0.489 e. The Morgan fingerprint density at radius 3 is 2.41 bits per heavy atom. The smallest absolute Gasteiger partial charge is 0.237 e. The summed E-state index contributed by atoms with van der Waals surface area (Å²) in [6, 6.07) is 17.3. The predicted octanol–water partition coefficient (Wildman–Crippen LogP) is 2.74. The summed E-state index contributed by atoms with van der Waals surface area (Å²) in [6.07, 6.45) is 0.209. The molecule has 112 valence electrons. The monoisotopic (exact) mass is 295 g/mol. The maximum absolute atomic E-state index is 12.2. The van der Waals surface area contributed by atoms with Gasteiger partial charge < -0.3 is 4.74 Å². The number of imide groups is 1. The van der Waals surface area contributed by atoms with Crippen molar-refractivity contribution in [1.82, 2.24) is 4.90 Å². The molecule has 4 nitrogen and oxygen atoms in total. The molecule has 4 heteroatoms. The van der Waals surface area contributed by atoms with E-state index in [-0.39, 0.29) is 18.2 Å². The normalized spacial score (nSPS) is 17.9. The van der Waals surface area contributed by atoms with Crippen LogP contribution in [-0.2, 0) is 16.2 Å². The largest absolute Gasteiger partial charge is 0.489 e. The second-order valence-corrected chi connectivity index (χ2v) is 5.36.